The van der Waals surface area contributed by atoms with Crippen molar-refractivity contribution in [3.05, 3.63) is 0 Å². The molecule has 0 radical (unpaired) electrons. The third kappa shape index (κ3) is 877. The topological polar surface area (TPSA) is 0 Å². The normalized spacial score (nSPS) is 0. The van der Waals surface area contributed by atoms with Gasteiger partial charge >= 0.3 is 154 Å². The van der Waals surface area contributed by atoms with Crippen LogP contribution in [0.15, 0.2) is 0 Å². The summed E-state index contributed by atoms with van der Waals surface area (Å²) in [6, 6.07) is 0. The van der Waals surface area contributed by atoms with Gasteiger partial charge in [-0.15, -0.1) is 1140 Å². The van der Waals surface area contributed by atoms with E-state index in [1.54, 1.807) is 0 Å². The molecule has 0 aromatic heterocycles. The average Bonchev–Trinajstić information content (AvgIpc) is 0. The summed E-state index contributed by atoms with van der Waals surface area (Å²) in [5.74, 6) is 0. The maximum atomic E-state index is 0. The second-order valence-electron chi connectivity index (χ2n) is 0. The summed E-state index contributed by atoms with van der Waals surface area (Å²) < 4.78 is 0. The molecule has 0 aromatic rings. The van der Waals surface area contributed by atoms with E-state index >= 15 is 0 Å². The Hall–Kier alpha value is 38.5. The van der Waals surface area contributed by atoms with Gasteiger partial charge in [-0.3, -0.25) is 0 Å². The van der Waals surface area contributed by atoms with Gasteiger partial charge in [0.2, 0.25) is 0 Å². The standard InChI is InChI=1S/70BrH.3K/h70*1H;;;/q;;;;;;;;;;;;;;;;;;;;;;;;;;;;;;;;;;;;;;;;;;;;;;;;;;;;;;;;;;;;;;;;;;;;;;3*+1/p-3. The van der Waals surface area contributed by atoms with Gasteiger partial charge in [-0.1, -0.05) is 0 Å². The minimum atomic E-state index is 0. The van der Waals surface area contributed by atoms with Crippen LogP contribution < -0.4 is 205 Å². The van der Waals surface area contributed by atoms with E-state index in [9.17, 15) is 0 Å². The van der Waals surface area contributed by atoms with Crippen molar-refractivity contribution in [2.75, 3.05) is 0 Å². The van der Waals surface area contributed by atoms with Crippen LogP contribution in [0, 0.1) is 0 Å². The molecule has 0 amide bonds. The molecule has 0 aliphatic heterocycles. The molecular weight excluding hydrogens is 5710 g/mol. The number of hydrogen-bond donors (Lipinski definition) is 0. The van der Waals surface area contributed by atoms with Crippen molar-refractivity contribution in [2.24, 2.45) is 0 Å². The van der Waals surface area contributed by atoms with Crippen LogP contribution in [0.5, 0.6) is 0 Å². The fourth-order valence-electron chi connectivity index (χ4n) is 0. The first kappa shape index (κ1) is 918. The van der Waals surface area contributed by atoms with E-state index in [1.807, 2.05) is 0 Å². The smallest absolute Gasteiger partial charge is 1.00 e. The Balaban J connectivity index is 0. The van der Waals surface area contributed by atoms with Crippen LogP contribution in [0.2, 0.25) is 0 Å². The van der Waals surface area contributed by atoms with Crippen molar-refractivity contribution in [3.8, 4) is 0 Å². The van der Waals surface area contributed by atoms with Crippen LogP contribution in [0.25, 0.3) is 0 Å². The van der Waals surface area contributed by atoms with E-state index < -0.39 is 0 Å². The molecule has 73 heavy (non-hydrogen) atoms. The molecule has 0 bridgehead atoms. The summed E-state index contributed by atoms with van der Waals surface area (Å²) in [7, 11) is 0. The Kier molecular flexibility index (Phi) is 11200. The summed E-state index contributed by atoms with van der Waals surface area (Å²) in [5, 5.41) is 0. The molecule has 0 fully saturated rings. The van der Waals surface area contributed by atoms with Gasteiger partial charge in [0.1, 0.15) is 0 Å². The van der Waals surface area contributed by atoms with Gasteiger partial charge in [0.25, 0.3) is 0 Å². The van der Waals surface area contributed by atoms with Gasteiger partial charge < -0.3 is 50.9 Å². The molecule has 0 aliphatic rings. The zero-order valence-electron chi connectivity index (χ0n) is 31.5. The number of hydrogen-bond acceptors (Lipinski definition) is 0. The SMILES string of the molecule is Br.Br.Br.Br.Br.Br.Br.Br.Br.Br.Br.Br.Br.Br.Br.Br.Br.Br.Br.Br.Br.Br.Br.Br.Br.Br.Br.Br.Br.Br.Br.Br.Br.Br.Br.Br.Br.Br.Br.Br.Br.Br.Br.Br.Br.Br.Br.Br.Br.Br.Br.Br.Br.Br.Br.Br.Br.Br.Br.Br.Br.Br.Br.Br.Br.Br.Br.[Br-].[Br-].[Br-].[K+].[K+].[K+]. The zero-order valence-corrected chi connectivity index (χ0v) is 160. The van der Waals surface area contributed by atoms with Crippen molar-refractivity contribution in [1.82, 2.24) is 0 Å². The zero-order chi connectivity index (χ0) is 0. The van der Waals surface area contributed by atoms with Crippen LogP contribution in [-0.2, 0) is 0 Å². The summed E-state index contributed by atoms with van der Waals surface area (Å²) in [6.45, 7) is 0. The molecule has 0 saturated heterocycles. The molecule has 0 unspecified atom stereocenters. The first-order valence-corrected chi connectivity index (χ1v) is 0. The molecule has 0 saturated carbocycles. The van der Waals surface area contributed by atoms with E-state index in [4.69, 9.17) is 0 Å². The van der Waals surface area contributed by atoms with Gasteiger partial charge in [0.15, 0.2) is 0 Å². The van der Waals surface area contributed by atoms with Crippen LogP contribution in [0.4, 0.5) is 0 Å². The Morgan fingerprint density at radius 1 is 0.0411 bits per heavy atom. The maximum Gasteiger partial charge on any atom is 1.00 e. The van der Waals surface area contributed by atoms with Crippen molar-refractivity contribution in [2.45, 2.75) is 0 Å². The van der Waals surface area contributed by atoms with Crippen LogP contribution in [-0.4, -0.2) is 0 Å². The first-order chi connectivity index (χ1) is 0. The Bertz CT molecular complexity index is 18.1. The molecule has 0 rings (SSSR count). The fraction of sp³-hybridized carbons (Fsp3) is 0. The van der Waals surface area contributed by atoms with E-state index in [0.717, 1.165) is 0 Å². The largest absolute Gasteiger partial charge is 1.00 e. The minimum Gasteiger partial charge on any atom is -1.00 e. The molecule has 0 atom stereocenters. The van der Waals surface area contributed by atoms with Gasteiger partial charge in [-0.2, -0.15) is 0 Å². The summed E-state index contributed by atoms with van der Waals surface area (Å²) >= 11 is 0. The molecule has 0 aromatic carbocycles. The van der Waals surface area contributed by atoms with Crippen LogP contribution in [0.3, 0.4) is 0 Å². The van der Waals surface area contributed by atoms with Crippen molar-refractivity contribution in [1.29, 1.82) is 0 Å². The first-order valence-electron chi connectivity index (χ1n) is 0. The summed E-state index contributed by atoms with van der Waals surface area (Å²) in [5.41, 5.74) is 0. The molecule has 0 spiro atoms. The second kappa shape index (κ2) is 894. The van der Waals surface area contributed by atoms with Crippen LogP contribution >= 0.6 is 1140 Å². The number of rotatable bonds is 0. The van der Waals surface area contributed by atoms with Crippen molar-refractivity contribution < 1.29 is 205 Å². The van der Waals surface area contributed by atoms with Gasteiger partial charge in [0.05, 0.1) is 0 Å². The Morgan fingerprint density at radius 3 is 0.0411 bits per heavy atom. The Morgan fingerprint density at radius 2 is 0.0411 bits per heavy atom. The molecular formula is H67Br70K3. The van der Waals surface area contributed by atoms with Crippen molar-refractivity contribution >= 4 is 1140 Å². The van der Waals surface area contributed by atoms with Gasteiger partial charge in [-0.05, 0) is 0 Å². The minimum absolute atomic E-state index is 0. The third-order valence-corrected chi connectivity index (χ3v) is 0. The van der Waals surface area contributed by atoms with E-state index in [1.165, 1.54) is 0 Å². The molecule has 0 heterocycles. The molecule has 0 nitrogen and oxygen atoms in total. The maximum absolute atomic E-state index is 0. The molecule has 0 aliphatic carbocycles. The summed E-state index contributed by atoms with van der Waals surface area (Å²) in [4.78, 5) is 0. The number of halogens is 70. The van der Waals surface area contributed by atoms with E-state index in [-0.39, 0.29) is 1340 Å². The predicted octanol–water partition coefficient (Wildman–Crippen LogP) is 20.7. The Labute approximate surface area is 1300 Å². The molecule has 560 valence electrons. The van der Waals surface area contributed by atoms with Crippen LogP contribution in [0.1, 0.15) is 0 Å². The second-order valence-corrected chi connectivity index (χ2v) is 0. The fourth-order valence-corrected chi connectivity index (χ4v) is 0. The molecule has 73 heteroatoms. The van der Waals surface area contributed by atoms with E-state index in [0.29, 0.717) is 0 Å². The third-order valence-electron chi connectivity index (χ3n) is 0. The monoisotopic (exact) mass is 5710 g/mol. The van der Waals surface area contributed by atoms with Gasteiger partial charge in [0, 0.05) is 0 Å². The quantitative estimate of drug-likeness (QED) is 0.212. The summed E-state index contributed by atoms with van der Waals surface area (Å²) in [6.07, 6.45) is 0. The molecule has 0 N–H and O–H groups in total. The average molecular weight is 5780 g/mol. The van der Waals surface area contributed by atoms with Crippen molar-refractivity contribution in [3.63, 3.8) is 0 Å². The predicted molar refractivity (Wildman–Crippen MR) is 692 cm³/mol. The van der Waals surface area contributed by atoms with E-state index in [2.05, 4.69) is 0 Å². The van der Waals surface area contributed by atoms with Gasteiger partial charge in [-0.25, -0.2) is 0 Å².